The van der Waals surface area contributed by atoms with Crippen molar-refractivity contribution in [1.29, 1.82) is 0 Å². The number of carbonyl (C=O) groups excluding carboxylic acids is 1. The third-order valence-electron chi connectivity index (χ3n) is 4.25. The average molecular weight is 418 g/mol. The fraction of sp³-hybridized carbons (Fsp3) is 0.263. The van der Waals surface area contributed by atoms with Crippen LogP contribution in [0.4, 0.5) is 0 Å². The van der Waals surface area contributed by atoms with Crippen molar-refractivity contribution in [2.75, 3.05) is 26.4 Å². The van der Waals surface area contributed by atoms with Gasteiger partial charge in [0.2, 0.25) is 11.1 Å². The number of halogens is 1. The van der Waals surface area contributed by atoms with Gasteiger partial charge in [0.25, 0.3) is 0 Å². The smallest absolute Gasteiger partial charge is 0.230 e. The normalized spacial score (nSPS) is 12.1. The summed E-state index contributed by atoms with van der Waals surface area (Å²) in [6, 6.07) is 17.6. The predicted octanol–water partition coefficient (Wildman–Crippen LogP) is 1.41. The Balaban J connectivity index is 1.56. The maximum absolute atomic E-state index is 12.4. The first-order valence-corrected chi connectivity index (χ1v) is 10.2. The first kappa shape index (κ1) is 20.3. The van der Waals surface area contributed by atoms with E-state index < -0.39 is 0 Å². The summed E-state index contributed by atoms with van der Waals surface area (Å²) in [6.07, 6.45) is 0. The van der Waals surface area contributed by atoms with E-state index in [2.05, 4.69) is 47.1 Å². The molecule has 0 aliphatic heterocycles. The molecule has 0 unspecified atom stereocenters. The first-order valence-electron chi connectivity index (χ1n) is 8.83. The second-order valence-corrected chi connectivity index (χ2v) is 7.86. The molecule has 146 valence electrons. The highest BCUT2D eigenvalue weighted by Crippen LogP contribution is 2.19. The highest BCUT2D eigenvalue weighted by Gasteiger charge is 2.19. The van der Waals surface area contributed by atoms with Crippen molar-refractivity contribution in [3.63, 3.8) is 0 Å². The van der Waals surface area contributed by atoms with Crippen molar-refractivity contribution in [2.45, 2.75) is 11.2 Å². The lowest BCUT2D eigenvalue weighted by Gasteiger charge is -2.22. The summed E-state index contributed by atoms with van der Waals surface area (Å²) in [5.74, 6) is 0.177. The molecule has 3 aromatic rings. The number of amides is 1. The second kappa shape index (κ2) is 9.68. The lowest BCUT2D eigenvalue weighted by molar-refractivity contribution is -0.890. The first-order chi connectivity index (χ1) is 13.5. The van der Waals surface area contributed by atoms with Crippen molar-refractivity contribution in [2.24, 2.45) is 0 Å². The molecule has 2 N–H and O–H groups in total. The van der Waals surface area contributed by atoms with Crippen LogP contribution >= 0.6 is 23.4 Å². The van der Waals surface area contributed by atoms with Gasteiger partial charge in [-0.1, -0.05) is 53.7 Å². The third kappa shape index (κ3) is 5.31. The van der Waals surface area contributed by atoms with Gasteiger partial charge in [-0.2, -0.15) is 4.68 Å². The zero-order chi connectivity index (χ0) is 19.9. The fourth-order valence-electron chi connectivity index (χ4n) is 2.75. The molecule has 0 radical (unpaired) electrons. The Bertz CT molecular complexity index is 900. The summed E-state index contributed by atoms with van der Waals surface area (Å²) < 4.78 is 1.59. The monoisotopic (exact) mass is 417 g/mol. The van der Waals surface area contributed by atoms with Crippen molar-refractivity contribution in [3.05, 3.63) is 65.2 Å². The van der Waals surface area contributed by atoms with Gasteiger partial charge >= 0.3 is 0 Å². The van der Waals surface area contributed by atoms with Gasteiger partial charge in [-0.3, -0.25) is 4.79 Å². The fourth-order valence-corrected chi connectivity index (χ4v) is 3.60. The van der Waals surface area contributed by atoms with Crippen LogP contribution in [-0.4, -0.2) is 52.5 Å². The zero-order valence-corrected chi connectivity index (χ0v) is 17.2. The number of tetrazole rings is 1. The second-order valence-electron chi connectivity index (χ2n) is 6.48. The zero-order valence-electron chi connectivity index (χ0n) is 15.7. The Morgan fingerprint density at radius 3 is 2.57 bits per heavy atom. The molecular weight excluding hydrogens is 396 g/mol. The van der Waals surface area contributed by atoms with E-state index in [4.69, 9.17) is 11.6 Å². The average Bonchev–Trinajstić information content (AvgIpc) is 3.16. The molecule has 0 fully saturated rings. The highest BCUT2D eigenvalue weighted by molar-refractivity contribution is 7.99. The molecule has 0 spiro atoms. The van der Waals surface area contributed by atoms with E-state index in [0.717, 1.165) is 5.69 Å². The Morgan fingerprint density at radius 2 is 1.89 bits per heavy atom. The number of hydrogen-bond donors (Lipinski definition) is 2. The van der Waals surface area contributed by atoms with E-state index in [0.29, 0.717) is 16.7 Å². The van der Waals surface area contributed by atoms with Crippen LogP contribution < -0.4 is 10.2 Å². The van der Waals surface area contributed by atoms with E-state index >= 15 is 0 Å². The molecule has 0 aliphatic carbocycles. The van der Waals surface area contributed by atoms with Crippen LogP contribution in [0.15, 0.2) is 59.8 Å². The van der Waals surface area contributed by atoms with Crippen LogP contribution in [0.5, 0.6) is 0 Å². The Hall–Kier alpha value is -2.42. The Kier molecular flexibility index (Phi) is 7.02. The van der Waals surface area contributed by atoms with Gasteiger partial charge in [0, 0.05) is 10.6 Å². The maximum atomic E-state index is 12.4. The molecule has 1 heterocycles. The molecule has 0 saturated heterocycles. The molecule has 0 aliphatic rings. The number of thioether (sulfide) groups is 1. The molecule has 9 heteroatoms. The number of aromatic nitrogens is 4. The SMILES string of the molecule is C[NH+](C)[C@H](CNC(=O)CSc1nnnn1-c1ccc(Cl)cc1)c1ccccc1. The predicted molar refractivity (Wildman–Crippen MR) is 110 cm³/mol. The van der Waals surface area contributed by atoms with E-state index in [1.807, 2.05) is 30.3 Å². The maximum Gasteiger partial charge on any atom is 0.230 e. The van der Waals surface area contributed by atoms with Crippen molar-refractivity contribution in [1.82, 2.24) is 25.5 Å². The van der Waals surface area contributed by atoms with E-state index in [9.17, 15) is 4.79 Å². The minimum absolute atomic E-state index is 0.0576. The number of quaternary nitrogens is 1. The molecule has 0 saturated carbocycles. The molecule has 1 amide bonds. The lowest BCUT2D eigenvalue weighted by Crippen LogP contribution is -3.07. The standard InChI is InChI=1S/C19H21ClN6OS/c1-25(2)17(14-6-4-3-5-7-14)12-21-18(27)13-28-19-22-23-24-26(19)16-10-8-15(20)9-11-16/h3-11,17H,12-13H2,1-2H3,(H,21,27)/p+1/t17-/m1/s1. The van der Waals surface area contributed by atoms with Gasteiger partial charge < -0.3 is 10.2 Å². The molecular formula is C19H22ClN6OS+. The summed E-state index contributed by atoms with van der Waals surface area (Å²) in [5, 5.41) is 15.9. The summed E-state index contributed by atoms with van der Waals surface area (Å²) in [7, 11) is 4.16. The Labute approximate surface area is 173 Å². The molecule has 28 heavy (non-hydrogen) atoms. The van der Waals surface area contributed by atoms with Crippen molar-refractivity contribution < 1.29 is 9.69 Å². The molecule has 7 nitrogen and oxygen atoms in total. The molecule has 0 bridgehead atoms. The van der Waals surface area contributed by atoms with Crippen LogP contribution in [-0.2, 0) is 4.79 Å². The number of nitrogens with zero attached hydrogens (tertiary/aromatic N) is 4. The summed E-state index contributed by atoms with van der Waals surface area (Å²) >= 11 is 7.21. The quantitative estimate of drug-likeness (QED) is 0.542. The minimum Gasteiger partial charge on any atom is -0.349 e. The number of nitrogens with one attached hydrogen (secondary N) is 2. The topological polar surface area (TPSA) is 77.1 Å². The van der Waals surface area contributed by atoms with E-state index in [1.54, 1.807) is 16.8 Å². The number of hydrogen-bond acceptors (Lipinski definition) is 5. The number of rotatable bonds is 8. The van der Waals surface area contributed by atoms with Gasteiger partial charge in [-0.25, -0.2) is 0 Å². The largest absolute Gasteiger partial charge is 0.349 e. The van der Waals surface area contributed by atoms with E-state index in [-0.39, 0.29) is 17.7 Å². The molecule has 3 rings (SSSR count). The van der Waals surface area contributed by atoms with Crippen LogP contribution in [0.2, 0.25) is 5.02 Å². The summed E-state index contributed by atoms with van der Waals surface area (Å²) in [6.45, 7) is 0.563. The lowest BCUT2D eigenvalue weighted by atomic mass is 10.1. The summed E-state index contributed by atoms with van der Waals surface area (Å²) in [5.41, 5.74) is 1.99. The van der Waals surface area contributed by atoms with Gasteiger partial charge in [-0.05, 0) is 34.7 Å². The van der Waals surface area contributed by atoms with Crippen LogP contribution in [0, 0.1) is 0 Å². The Morgan fingerprint density at radius 1 is 1.18 bits per heavy atom. The van der Waals surface area contributed by atoms with Gasteiger partial charge in [0.1, 0.15) is 6.04 Å². The van der Waals surface area contributed by atoms with Gasteiger partial charge in [0.15, 0.2) is 0 Å². The van der Waals surface area contributed by atoms with Crippen LogP contribution in [0.25, 0.3) is 5.69 Å². The van der Waals surface area contributed by atoms with Crippen LogP contribution in [0.3, 0.4) is 0 Å². The third-order valence-corrected chi connectivity index (χ3v) is 5.42. The molecule has 1 aromatic heterocycles. The number of benzene rings is 2. The number of likely N-dealkylation sites (N-methyl/N-ethyl adjacent to an activating group) is 1. The highest BCUT2D eigenvalue weighted by atomic mass is 35.5. The summed E-state index contributed by atoms with van der Waals surface area (Å²) in [4.78, 5) is 13.6. The molecule has 1 atom stereocenters. The van der Waals surface area contributed by atoms with E-state index in [1.165, 1.54) is 22.2 Å². The van der Waals surface area contributed by atoms with Gasteiger partial charge in [0.05, 0.1) is 32.1 Å². The number of carbonyl (C=O) groups is 1. The van der Waals surface area contributed by atoms with Crippen molar-refractivity contribution >= 4 is 29.3 Å². The van der Waals surface area contributed by atoms with Crippen molar-refractivity contribution in [3.8, 4) is 5.69 Å². The van der Waals surface area contributed by atoms with Gasteiger partial charge in [-0.15, -0.1) is 5.10 Å². The minimum atomic E-state index is -0.0576. The molecule has 2 aromatic carbocycles. The van der Waals surface area contributed by atoms with Crippen LogP contribution in [0.1, 0.15) is 11.6 Å².